The van der Waals surface area contributed by atoms with E-state index in [1.54, 1.807) is 31.5 Å². The quantitative estimate of drug-likeness (QED) is 0.752. The first-order valence-corrected chi connectivity index (χ1v) is 8.52. The number of anilines is 1. The molecule has 1 atom stereocenters. The van der Waals surface area contributed by atoms with Crippen molar-refractivity contribution >= 4 is 27.4 Å². The maximum Gasteiger partial charge on any atom is 0.139 e. The Labute approximate surface area is 140 Å². The van der Waals surface area contributed by atoms with Crippen LogP contribution in [0, 0.1) is 6.92 Å². The van der Waals surface area contributed by atoms with Gasteiger partial charge in [-0.15, -0.1) is 11.3 Å². The minimum absolute atomic E-state index is 0.133. The molecular formula is C18H21N3OS. The molecule has 3 rings (SSSR count). The number of aromatic nitrogens is 2. The lowest BCUT2D eigenvalue weighted by molar-refractivity contribution is 0.0648. The maximum absolute atomic E-state index is 10.2. The van der Waals surface area contributed by atoms with Crippen LogP contribution in [0.4, 0.5) is 5.82 Å². The Bertz CT molecular complexity index is 818. The molecule has 1 unspecified atom stereocenters. The molecule has 0 spiro atoms. The monoisotopic (exact) mass is 327 g/mol. The molecule has 2 aromatic heterocycles. The summed E-state index contributed by atoms with van der Waals surface area (Å²) < 4.78 is 0. The second-order valence-corrected chi connectivity index (χ2v) is 7.30. The van der Waals surface area contributed by atoms with E-state index >= 15 is 0 Å². The Balaban J connectivity index is 2.09. The molecule has 1 aromatic carbocycles. The first-order chi connectivity index (χ1) is 10.9. The minimum atomic E-state index is -0.836. The van der Waals surface area contributed by atoms with Gasteiger partial charge in [-0.1, -0.05) is 29.8 Å². The third kappa shape index (κ3) is 3.21. The predicted octanol–water partition coefficient (Wildman–Crippen LogP) is 4.24. The van der Waals surface area contributed by atoms with E-state index in [-0.39, 0.29) is 6.04 Å². The summed E-state index contributed by atoms with van der Waals surface area (Å²) in [4.78, 5) is 9.73. The van der Waals surface area contributed by atoms with Gasteiger partial charge in [0.25, 0.3) is 0 Å². The van der Waals surface area contributed by atoms with Gasteiger partial charge in [-0.3, -0.25) is 0 Å². The van der Waals surface area contributed by atoms with Gasteiger partial charge in [-0.2, -0.15) is 0 Å². The van der Waals surface area contributed by atoms with Gasteiger partial charge in [0.15, 0.2) is 0 Å². The van der Waals surface area contributed by atoms with E-state index in [1.807, 2.05) is 6.92 Å². The molecule has 0 aliphatic carbocycles. The van der Waals surface area contributed by atoms with Crippen LogP contribution in [-0.2, 0) is 0 Å². The number of nitrogens with one attached hydrogen (secondary N) is 1. The van der Waals surface area contributed by atoms with E-state index in [9.17, 15) is 5.11 Å². The Morgan fingerprint density at radius 2 is 1.87 bits per heavy atom. The summed E-state index contributed by atoms with van der Waals surface area (Å²) in [6.45, 7) is 7.61. The maximum atomic E-state index is 10.2. The molecule has 0 aliphatic rings. The van der Waals surface area contributed by atoms with Gasteiger partial charge in [-0.25, -0.2) is 9.97 Å². The SMILES string of the molecule is Cc1ccc(-c2csc3ncnc(NC(C)C(C)(C)O)c23)cc1. The highest BCUT2D eigenvalue weighted by Crippen LogP contribution is 2.37. The third-order valence-corrected chi connectivity index (χ3v) is 5.03. The van der Waals surface area contributed by atoms with Crippen molar-refractivity contribution in [2.24, 2.45) is 0 Å². The van der Waals surface area contributed by atoms with Crippen LogP contribution in [0.1, 0.15) is 26.3 Å². The Morgan fingerprint density at radius 3 is 2.52 bits per heavy atom. The van der Waals surface area contributed by atoms with Crippen molar-refractivity contribution in [3.63, 3.8) is 0 Å². The van der Waals surface area contributed by atoms with Crippen molar-refractivity contribution in [1.82, 2.24) is 9.97 Å². The minimum Gasteiger partial charge on any atom is -0.388 e. The van der Waals surface area contributed by atoms with Crippen LogP contribution in [0.25, 0.3) is 21.3 Å². The summed E-state index contributed by atoms with van der Waals surface area (Å²) in [5.41, 5.74) is 2.67. The predicted molar refractivity (Wildman–Crippen MR) is 97.0 cm³/mol. The van der Waals surface area contributed by atoms with Crippen molar-refractivity contribution in [2.75, 3.05) is 5.32 Å². The number of thiophene rings is 1. The molecule has 5 heteroatoms. The molecule has 0 amide bonds. The van der Waals surface area contributed by atoms with Gasteiger partial charge >= 0.3 is 0 Å². The Kier molecular flexibility index (Phi) is 4.08. The summed E-state index contributed by atoms with van der Waals surface area (Å²) in [6, 6.07) is 8.32. The first-order valence-electron chi connectivity index (χ1n) is 7.64. The van der Waals surface area contributed by atoms with Crippen molar-refractivity contribution in [1.29, 1.82) is 0 Å². The number of rotatable bonds is 4. The molecule has 0 saturated heterocycles. The molecule has 23 heavy (non-hydrogen) atoms. The average molecular weight is 327 g/mol. The van der Waals surface area contributed by atoms with Gasteiger partial charge in [0.2, 0.25) is 0 Å². The van der Waals surface area contributed by atoms with Crippen molar-refractivity contribution < 1.29 is 5.11 Å². The summed E-state index contributed by atoms with van der Waals surface area (Å²) in [5, 5.41) is 16.6. The number of aryl methyl sites for hydroxylation is 1. The molecule has 0 bridgehead atoms. The fraction of sp³-hybridized carbons (Fsp3) is 0.333. The summed E-state index contributed by atoms with van der Waals surface area (Å²) >= 11 is 1.61. The molecule has 4 nitrogen and oxygen atoms in total. The lowest BCUT2D eigenvalue weighted by Gasteiger charge is -2.27. The normalized spacial score (nSPS) is 13.3. The zero-order chi connectivity index (χ0) is 16.6. The van der Waals surface area contributed by atoms with E-state index in [4.69, 9.17) is 0 Å². The van der Waals surface area contributed by atoms with Gasteiger partial charge in [-0.05, 0) is 33.3 Å². The van der Waals surface area contributed by atoms with Crippen LogP contribution in [-0.4, -0.2) is 26.7 Å². The van der Waals surface area contributed by atoms with Gasteiger partial charge in [0, 0.05) is 10.9 Å². The molecule has 0 aliphatic heterocycles. The molecule has 2 N–H and O–H groups in total. The number of hydrogen-bond donors (Lipinski definition) is 2. The largest absolute Gasteiger partial charge is 0.388 e. The standard InChI is InChI=1S/C18H21N3OS/c1-11-5-7-13(8-6-11)14-9-23-17-15(14)16(19-10-20-17)21-12(2)18(3,4)22/h5-10,12,22H,1-4H3,(H,19,20,21). The van der Waals surface area contributed by atoms with Gasteiger partial charge in [0.1, 0.15) is 17.0 Å². The molecule has 0 radical (unpaired) electrons. The molecular weight excluding hydrogens is 306 g/mol. The van der Waals surface area contributed by atoms with Gasteiger partial charge in [0.05, 0.1) is 17.0 Å². The van der Waals surface area contributed by atoms with E-state index in [0.29, 0.717) is 0 Å². The number of hydrogen-bond acceptors (Lipinski definition) is 5. The number of nitrogens with zero attached hydrogens (tertiary/aromatic N) is 2. The van der Waals surface area contributed by atoms with Crippen molar-refractivity contribution in [2.45, 2.75) is 39.3 Å². The smallest absolute Gasteiger partial charge is 0.139 e. The molecule has 2 heterocycles. The van der Waals surface area contributed by atoms with Crippen LogP contribution in [0.5, 0.6) is 0 Å². The Hall–Kier alpha value is -1.98. The van der Waals surface area contributed by atoms with Crippen LogP contribution in [0.2, 0.25) is 0 Å². The zero-order valence-corrected chi connectivity index (χ0v) is 14.6. The topological polar surface area (TPSA) is 58.0 Å². The molecule has 3 aromatic rings. The van der Waals surface area contributed by atoms with E-state index in [0.717, 1.165) is 27.2 Å². The number of fused-ring (bicyclic) bond motifs is 1. The van der Waals surface area contributed by atoms with E-state index < -0.39 is 5.60 Å². The summed E-state index contributed by atoms with van der Waals surface area (Å²) in [5.74, 6) is 0.765. The second-order valence-electron chi connectivity index (χ2n) is 6.44. The highest BCUT2D eigenvalue weighted by atomic mass is 32.1. The van der Waals surface area contributed by atoms with Crippen LogP contribution < -0.4 is 5.32 Å². The second kappa shape index (κ2) is 5.91. The third-order valence-electron chi connectivity index (χ3n) is 4.15. The van der Waals surface area contributed by atoms with Crippen LogP contribution >= 0.6 is 11.3 Å². The molecule has 120 valence electrons. The van der Waals surface area contributed by atoms with Crippen molar-refractivity contribution in [3.8, 4) is 11.1 Å². The molecule has 0 fully saturated rings. The van der Waals surface area contributed by atoms with E-state index in [2.05, 4.69) is 51.9 Å². The zero-order valence-electron chi connectivity index (χ0n) is 13.8. The summed E-state index contributed by atoms with van der Waals surface area (Å²) in [6.07, 6.45) is 1.57. The summed E-state index contributed by atoms with van der Waals surface area (Å²) in [7, 11) is 0. The fourth-order valence-electron chi connectivity index (χ4n) is 2.31. The highest BCUT2D eigenvalue weighted by molar-refractivity contribution is 7.17. The number of aliphatic hydroxyl groups is 1. The Morgan fingerprint density at radius 1 is 1.17 bits per heavy atom. The highest BCUT2D eigenvalue weighted by Gasteiger charge is 2.24. The lowest BCUT2D eigenvalue weighted by Crippen LogP contribution is -2.39. The van der Waals surface area contributed by atoms with Gasteiger partial charge < -0.3 is 10.4 Å². The van der Waals surface area contributed by atoms with Crippen molar-refractivity contribution in [3.05, 3.63) is 41.5 Å². The lowest BCUT2D eigenvalue weighted by atomic mass is 10.0. The van der Waals surface area contributed by atoms with Crippen LogP contribution in [0.3, 0.4) is 0 Å². The number of benzene rings is 1. The van der Waals surface area contributed by atoms with Crippen LogP contribution in [0.15, 0.2) is 36.0 Å². The van der Waals surface area contributed by atoms with E-state index in [1.165, 1.54) is 5.56 Å². The fourth-order valence-corrected chi connectivity index (χ4v) is 3.23. The molecule has 0 saturated carbocycles. The first kappa shape index (κ1) is 15.9. The average Bonchev–Trinajstić information content (AvgIpc) is 2.92.